The Morgan fingerprint density at radius 2 is 1.92 bits per heavy atom. The molecule has 1 aliphatic rings. The number of phenolic OH excluding ortho intramolecular Hbond substituents is 1. The zero-order chi connectivity index (χ0) is 26.0. The van der Waals surface area contributed by atoms with E-state index in [2.05, 4.69) is 43.4 Å². The molecule has 0 aliphatic carbocycles. The van der Waals surface area contributed by atoms with Crippen LogP contribution < -0.4 is 19.6 Å². The maximum Gasteiger partial charge on any atom is 0.338 e. The van der Waals surface area contributed by atoms with Gasteiger partial charge in [-0.1, -0.05) is 36.1 Å². The van der Waals surface area contributed by atoms with Gasteiger partial charge in [0.05, 0.1) is 37.4 Å². The molecule has 0 bridgehead atoms. The standard InChI is InChI=1S/C26H22Br2N2O5S/c1-4-10-35-17-8-6-16(7-9-17)22-21(25(33)34-5-2)14(3)29-26-30(22)24(32)20(36-26)13-15-11-18(27)23(31)19(28)12-15/h4,6-9,11-13,22,31H,1,5,10H2,2-3H3/b20-13-/t22-/m1/s1. The van der Waals surface area contributed by atoms with Gasteiger partial charge in [-0.05, 0) is 87.2 Å². The molecule has 2 heterocycles. The van der Waals surface area contributed by atoms with Crippen LogP contribution in [0.25, 0.3) is 6.08 Å². The van der Waals surface area contributed by atoms with Crippen molar-refractivity contribution in [1.29, 1.82) is 0 Å². The van der Waals surface area contributed by atoms with Crippen molar-refractivity contribution in [2.24, 2.45) is 4.99 Å². The third-order valence-electron chi connectivity index (χ3n) is 5.42. The Morgan fingerprint density at radius 3 is 2.53 bits per heavy atom. The summed E-state index contributed by atoms with van der Waals surface area (Å²) < 4.78 is 13.9. The summed E-state index contributed by atoms with van der Waals surface area (Å²) in [4.78, 5) is 31.7. The van der Waals surface area contributed by atoms with E-state index in [0.29, 0.717) is 47.5 Å². The number of benzene rings is 2. The first kappa shape index (κ1) is 26.1. The number of hydrogen-bond donors (Lipinski definition) is 1. The average molecular weight is 634 g/mol. The number of halogens is 2. The molecule has 0 saturated carbocycles. The molecule has 36 heavy (non-hydrogen) atoms. The molecule has 1 aromatic heterocycles. The number of nitrogens with zero attached hydrogens (tertiary/aromatic N) is 2. The van der Waals surface area contributed by atoms with E-state index in [9.17, 15) is 14.7 Å². The third-order valence-corrected chi connectivity index (χ3v) is 7.61. The van der Waals surface area contributed by atoms with Gasteiger partial charge in [0.2, 0.25) is 0 Å². The first-order chi connectivity index (χ1) is 17.2. The van der Waals surface area contributed by atoms with Crippen LogP contribution in [0.1, 0.15) is 31.0 Å². The summed E-state index contributed by atoms with van der Waals surface area (Å²) in [6.07, 6.45) is 3.38. The zero-order valence-corrected chi connectivity index (χ0v) is 23.4. The Balaban J connectivity index is 1.90. The zero-order valence-electron chi connectivity index (χ0n) is 19.5. The molecular weight excluding hydrogens is 612 g/mol. The van der Waals surface area contributed by atoms with Gasteiger partial charge in [-0.2, -0.15) is 0 Å². The Morgan fingerprint density at radius 1 is 1.25 bits per heavy atom. The second-order valence-corrected chi connectivity index (χ2v) is 10.5. The van der Waals surface area contributed by atoms with Gasteiger partial charge < -0.3 is 14.6 Å². The molecule has 7 nitrogen and oxygen atoms in total. The van der Waals surface area contributed by atoms with Crippen LogP contribution in [0, 0.1) is 0 Å². The van der Waals surface area contributed by atoms with E-state index < -0.39 is 12.0 Å². The number of phenols is 1. The number of fused-ring (bicyclic) bond motifs is 1. The van der Waals surface area contributed by atoms with Crippen molar-refractivity contribution in [2.45, 2.75) is 19.9 Å². The Hall–Kier alpha value is -2.95. The average Bonchev–Trinajstić information content (AvgIpc) is 3.15. The number of aromatic nitrogens is 1. The fourth-order valence-electron chi connectivity index (χ4n) is 3.83. The number of rotatable bonds is 7. The van der Waals surface area contributed by atoms with Crippen LogP contribution in [0.5, 0.6) is 11.5 Å². The van der Waals surface area contributed by atoms with Crippen LogP contribution in [0.3, 0.4) is 0 Å². The first-order valence-corrected chi connectivity index (χ1v) is 13.4. The molecule has 1 N–H and O–H groups in total. The van der Waals surface area contributed by atoms with Gasteiger partial charge >= 0.3 is 5.97 Å². The van der Waals surface area contributed by atoms with Crippen LogP contribution in [-0.2, 0) is 9.53 Å². The second-order valence-electron chi connectivity index (χ2n) is 7.80. The highest BCUT2D eigenvalue weighted by Crippen LogP contribution is 2.34. The minimum Gasteiger partial charge on any atom is -0.506 e. The summed E-state index contributed by atoms with van der Waals surface area (Å²) in [5.41, 5.74) is 1.95. The molecular formula is C26H22Br2N2O5S. The van der Waals surface area contributed by atoms with Crippen LogP contribution in [-0.4, -0.2) is 28.9 Å². The molecule has 0 spiro atoms. The lowest BCUT2D eigenvalue weighted by Crippen LogP contribution is -2.39. The largest absolute Gasteiger partial charge is 0.506 e. The van der Waals surface area contributed by atoms with Gasteiger partial charge in [-0.3, -0.25) is 9.36 Å². The Labute approximate surface area is 228 Å². The highest BCUT2D eigenvalue weighted by Gasteiger charge is 2.33. The summed E-state index contributed by atoms with van der Waals surface area (Å²) in [6.45, 7) is 7.69. The van der Waals surface area contributed by atoms with E-state index in [-0.39, 0.29) is 17.9 Å². The van der Waals surface area contributed by atoms with Crippen molar-refractivity contribution in [1.82, 2.24) is 4.57 Å². The third kappa shape index (κ3) is 5.11. The quantitative estimate of drug-likeness (QED) is 0.304. The highest BCUT2D eigenvalue weighted by atomic mass is 79.9. The van der Waals surface area contributed by atoms with E-state index in [1.54, 1.807) is 50.3 Å². The number of ether oxygens (including phenoxy) is 2. The fourth-order valence-corrected chi connectivity index (χ4v) is 6.10. The number of allylic oxidation sites excluding steroid dienone is 1. The minimum absolute atomic E-state index is 0.0730. The molecule has 10 heteroatoms. The summed E-state index contributed by atoms with van der Waals surface area (Å²) in [5.74, 6) is 0.202. The van der Waals surface area contributed by atoms with Crippen LogP contribution in [0.4, 0.5) is 0 Å². The highest BCUT2D eigenvalue weighted by molar-refractivity contribution is 9.11. The molecule has 0 unspecified atom stereocenters. The van der Waals surface area contributed by atoms with Crippen molar-refractivity contribution in [3.05, 3.63) is 100 Å². The summed E-state index contributed by atoms with van der Waals surface area (Å²) >= 11 is 7.87. The van der Waals surface area contributed by atoms with Gasteiger partial charge in [0.15, 0.2) is 4.80 Å². The van der Waals surface area contributed by atoms with E-state index >= 15 is 0 Å². The van der Waals surface area contributed by atoms with Crippen molar-refractivity contribution < 1.29 is 19.4 Å². The molecule has 0 radical (unpaired) electrons. The van der Waals surface area contributed by atoms with Crippen molar-refractivity contribution in [3.8, 4) is 11.5 Å². The van der Waals surface area contributed by atoms with Gasteiger partial charge in [0, 0.05) is 0 Å². The van der Waals surface area contributed by atoms with Crippen LogP contribution >= 0.6 is 43.2 Å². The van der Waals surface area contributed by atoms with Gasteiger partial charge in [0.25, 0.3) is 5.56 Å². The minimum atomic E-state index is -0.714. The lowest BCUT2D eigenvalue weighted by molar-refractivity contribution is -0.139. The van der Waals surface area contributed by atoms with E-state index in [0.717, 1.165) is 5.56 Å². The summed E-state index contributed by atoms with van der Waals surface area (Å²) in [6, 6.07) is 9.95. The van der Waals surface area contributed by atoms with Crippen LogP contribution in [0.15, 0.2) is 79.1 Å². The number of hydrogen-bond acceptors (Lipinski definition) is 7. The predicted molar refractivity (Wildman–Crippen MR) is 146 cm³/mol. The molecule has 186 valence electrons. The summed E-state index contributed by atoms with van der Waals surface area (Å²) in [7, 11) is 0. The van der Waals surface area contributed by atoms with Gasteiger partial charge in [-0.25, -0.2) is 9.79 Å². The normalized spacial score (nSPS) is 15.3. The molecule has 1 atom stereocenters. The van der Waals surface area contributed by atoms with Crippen molar-refractivity contribution >= 4 is 55.2 Å². The number of aromatic hydroxyl groups is 1. The monoisotopic (exact) mass is 632 g/mol. The Bertz CT molecular complexity index is 1530. The van der Waals surface area contributed by atoms with E-state index in [1.807, 2.05) is 12.1 Å². The predicted octanol–water partition coefficient (Wildman–Crippen LogP) is 4.59. The topological polar surface area (TPSA) is 90.1 Å². The Kier molecular flexibility index (Phi) is 7.97. The molecule has 3 aromatic rings. The number of thiazole rings is 1. The van der Waals surface area contributed by atoms with Gasteiger partial charge in [-0.15, -0.1) is 0 Å². The fraction of sp³-hybridized carbons (Fsp3) is 0.192. The first-order valence-electron chi connectivity index (χ1n) is 11.0. The van der Waals surface area contributed by atoms with Crippen molar-refractivity contribution in [3.63, 3.8) is 0 Å². The molecule has 2 aromatic carbocycles. The van der Waals surface area contributed by atoms with E-state index in [4.69, 9.17) is 9.47 Å². The van der Waals surface area contributed by atoms with Crippen molar-refractivity contribution in [2.75, 3.05) is 13.2 Å². The number of carbonyl (C=O) groups excluding carboxylic acids is 1. The molecule has 0 saturated heterocycles. The lowest BCUT2D eigenvalue weighted by atomic mass is 9.96. The number of esters is 1. The second kappa shape index (κ2) is 11.0. The number of carbonyl (C=O) groups is 1. The van der Waals surface area contributed by atoms with E-state index in [1.165, 1.54) is 15.9 Å². The molecule has 0 fully saturated rings. The summed E-state index contributed by atoms with van der Waals surface area (Å²) in [5, 5.41) is 10.0. The van der Waals surface area contributed by atoms with Crippen LogP contribution in [0.2, 0.25) is 0 Å². The lowest BCUT2D eigenvalue weighted by Gasteiger charge is -2.24. The molecule has 4 rings (SSSR count). The maximum atomic E-state index is 13.7. The molecule has 1 aliphatic heterocycles. The smallest absolute Gasteiger partial charge is 0.338 e. The molecule has 0 amide bonds. The SMILES string of the molecule is C=CCOc1ccc([C@@H]2C(C(=O)OCC)=C(C)N=c3s/c(=C\c4cc(Br)c(O)c(Br)c4)c(=O)n32)cc1. The maximum absolute atomic E-state index is 13.7. The van der Waals surface area contributed by atoms with Gasteiger partial charge in [0.1, 0.15) is 18.1 Å².